The molecule has 2 heteroatoms. The topological polar surface area (TPSA) is 29.3 Å². The number of nitrogens with two attached hydrogens (primary N) is 1. The zero-order valence-corrected chi connectivity index (χ0v) is 12.4. The van der Waals surface area contributed by atoms with Crippen LogP contribution < -0.4 is 10.6 Å². The third kappa shape index (κ3) is 2.30. The molecule has 2 aromatic carbocycles. The van der Waals surface area contributed by atoms with E-state index in [1.54, 1.807) is 0 Å². The molecule has 0 fully saturated rings. The molecular weight excluding hydrogens is 232 g/mol. The number of nitrogen functional groups attached to an aromatic ring is 1. The van der Waals surface area contributed by atoms with E-state index < -0.39 is 0 Å². The van der Waals surface area contributed by atoms with Gasteiger partial charge in [-0.05, 0) is 62.1 Å². The summed E-state index contributed by atoms with van der Waals surface area (Å²) in [7, 11) is 2.08. The predicted molar refractivity (Wildman–Crippen MR) is 84.3 cm³/mol. The van der Waals surface area contributed by atoms with Gasteiger partial charge in [0.2, 0.25) is 0 Å². The van der Waals surface area contributed by atoms with E-state index in [0.717, 1.165) is 11.4 Å². The fourth-order valence-corrected chi connectivity index (χ4v) is 2.57. The second-order valence-corrected chi connectivity index (χ2v) is 5.22. The molecule has 0 aliphatic heterocycles. The minimum atomic E-state index is 0.820. The summed E-state index contributed by atoms with van der Waals surface area (Å²) in [6, 6.07) is 10.4. The van der Waals surface area contributed by atoms with Gasteiger partial charge in [-0.3, -0.25) is 0 Å². The summed E-state index contributed by atoms with van der Waals surface area (Å²) in [5.41, 5.74) is 14.4. The van der Waals surface area contributed by atoms with E-state index in [1.165, 1.54) is 27.9 Å². The molecule has 0 saturated carbocycles. The fraction of sp³-hybridized carbons (Fsp3) is 0.294. The molecule has 19 heavy (non-hydrogen) atoms. The zero-order valence-electron chi connectivity index (χ0n) is 12.4. The number of nitrogens with zero attached hydrogens (tertiary/aromatic N) is 1. The van der Waals surface area contributed by atoms with E-state index in [9.17, 15) is 0 Å². The smallest absolute Gasteiger partial charge is 0.0671 e. The summed E-state index contributed by atoms with van der Waals surface area (Å²) in [5, 5.41) is 0. The lowest BCUT2D eigenvalue weighted by Gasteiger charge is -2.26. The van der Waals surface area contributed by atoms with Gasteiger partial charge in [0.15, 0.2) is 0 Å². The minimum absolute atomic E-state index is 0.820. The lowest BCUT2D eigenvalue weighted by Crippen LogP contribution is -2.15. The van der Waals surface area contributed by atoms with Crippen LogP contribution in [0, 0.1) is 27.7 Å². The van der Waals surface area contributed by atoms with Crippen molar-refractivity contribution in [2.24, 2.45) is 0 Å². The average Bonchev–Trinajstić information content (AvgIpc) is 2.35. The highest BCUT2D eigenvalue weighted by atomic mass is 15.1. The highest BCUT2D eigenvalue weighted by Gasteiger charge is 2.13. The van der Waals surface area contributed by atoms with Crippen LogP contribution >= 0.6 is 0 Å². The van der Waals surface area contributed by atoms with Gasteiger partial charge in [-0.1, -0.05) is 18.2 Å². The molecule has 0 saturated heterocycles. The molecular formula is C17H22N2. The van der Waals surface area contributed by atoms with Crippen molar-refractivity contribution in [1.82, 2.24) is 0 Å². The Morgan fingerprint density at radius 2 is 1.53 bits per heavy atom. The van der Waals surface area contributed by atoms with Gasteiger partial charge in [0.05, 0.1) is 11.4 Å². The third-order valence-corrected chi connectivity index (χ3v) is 4.00. The Hall–Kier alpha value is -1.96. The Balaban J connectivity index is 2.57. The Bertz CT molecular complexity index is 595. The van der Waals surface area contributed by atoms with E-state index >= 15 is 0 Å². The van der Waals surface area contributed by atoms with Gasteiger partial charge in [-0.25, -0.2) is 0 Å². The first kappa shape index (κ1) is 13.5. The Kier molecular flexibility index (Phi) is 3.52. The number of para-hydroxylation sites is 1. The van der Waals surface area contributed by atoms with Crippen molar-refractivity contribution < 1.29 is 0 Å². The van der Waals surface area contributed by atoms with Crippen LogP contribution in [0.3, 0.4) is 0 Å². The second kappa shape index (κ2) is 4.96. The molecule has 2 rings (SSSR count). The summed E-state index contributed by atoms with van der Waals surface area (Å²) in [6.07, 6.45) is 0. The van der Waals surface area contributed by atoms with Crippen LogP contribution in [0.15, 0.2) is 30.3 Å². The van der Waals surface area contributed by atoms with E-state index in [2.05, 4.69) is 57.8 Å². The lowest BCUT2D eigenvalue weighted by molar-refractivity contribution is 1.14. The van der Waals surface area contributed by atoms with Crippen LogP contribution in [0.5, 0.6) is 0 Å². The van der Waals surface area contributed by atoms with Crippen molar-refractivity contribution in [2.75, 3.05) is 17.7 Å². The summed E-state index contributed by atoms with van der Waals surface area (Å²) in [5.74, 6) is 0. The maximum Gasteiger partial charge on any atom is 0.0671 e. The molecule has 0 amide bonds. The summed E-state index contributed by atoms with van der Waals surface area (Å²) >= 11 is 0. The molecule has 0 bridgehead atoms. The molecule has 100 valence electrons. The first-order valence-electron chi connectivity index (χ1n) is 6.59. The van der Waals surface area contributed by atoms with Crippen LogP contribution in [0.4, 0.5) is 17.1 Å². The van der Waals surface area contributed by atoms with Gasteiger partial charge in [-0.15, -0.1) is 0 Å². The first-order chi connectivity index (χ1) is 8.93. The highest BCUT2D eigenvalue weighted by molar-refractivity contribution is 5.79. The second-order valence-electron chi connectivity index (χ2n) is 5.22. The normalized spacial score (nSPS) is 10.6. The summed E-state index contributed by atoms with van der Waals surface area (Å²) < 4.78 is 0. The zero-order chi connectivity index (χ0) is 14.2. The van der Waals surface area contributed by atoms with Crippen LogP contribution in [0.2, 0.25) is 0 Å². The van der Waals surface area contributed by atoms with Crippen molar-refractivity contribution >= 4 is 17.1 Å². The lowest BCUT2D eigenvalue weighted by atomic mass is 10.0. The van der Waals surface area contributed by atoms with Gasteiger partial charge in [0.25, 0.3) is 0 Å². The maximum atomic E-state index is 6.14. The van der Waals surface area contributed by atoms with Crippen LogP contribution in [0.25, 0.3) is 0 Å². The van der Waals surface area contributed by atoms with Gasteiger partial charge in [0, 0.05) is 12.7 Å². The number of hydrogen-bond acceptors (Lipinski definition) is 2. The van der Waals surface area contributed by atoms with Crippen molar-refractivity contribution in [3.63, 3.8) is 0 Å². The Labute approximate surface area is 115 Å². The predicted octanol–water partition coefficient (Wildman–Crippen LogP) is 4.27. The highest BCUT2D eigenvalue weighted by Crippen LogP contribution is 2.35. The van der Waals surface area contributed by atoms with Gasteiger partial charge in [-0.2, -0.15) is 0 Å². The molecule has 2 N–H and O–H groups in total. The first-order valence-corrected chi connectivity index (χ1v) is 6.59. The molecule has 0 atom stereocenters. The van der Waals surface area contributed by atoms with Gasteiger partial charge in [0.1, 0.15) is 0 Å². The van der Waals surface area contributed by atoms with Crippen molar-refractivity contribution in [3.05, 3.63) is 52.6 Å². The SMILES string of the molecule is Cc1ccc(N(C)c2c(C)cccc2N)c(C)c1C. The number of anilines is 3. The van der Waals surface area contributed by atoms with E-state index in [-0.39, 0.29) is 0 Å². The van der Waals surface area contributed by atoms with Crippen molar-refractivity contribution in [3.8, 4) is 0 Å². The van der Waals surface area contributed by atoms with Crippen LogP contribution in [-0.2, 0) is 0 Å². The molecule has 0 aliphatic carbocycles. The number of hydrogen-bond donors (Lipinski definition) is 1. The van der Waals surface area contributed by atoms with Gasteiger partial charge >= 0.3 is 0 Å². The minimum Gasteiger partial charge on any atom is -0.397 e. The van der Waals surface area contributed by atoms with E-state index in [1.807, 2.05) is 12.1 Å². The maximum absolute atomic E-state index is 6.14. The molecule has 0 heterocycles. The van der Waals surface area contributed by atoms with Crippen LogP contribution in [0.1, 0.15) is 22.3 Å². The van der Waals surface area contributed by atoms with Gasteiger partial charge < -0.3 is 10.6 Å². The van der Waals surface area contributed by atoms with E-state index in [4.69, 9.17) is 5.73 Å². The molecule has 0 unspecified atom stereocenters. The van der Waals surface area contributed by atoms with Crippen molar-refractivity contribution in [2.45, 2.75) is 27.7 Å². The van der Waals surface area contributed by atoms with Crippen LogP contribution in [-0.4, -0.2) is 7.05 Å². The molecule has 2 aromatic rings. The van der Waals surface area contributed by atoms with Crippen molar-refractivity contribution in [1.29, 1.82) is 0 Å². The fourth-order valence-electron chi connectivity index (χ4n) is 2.57. The number of aryl methyl sites for hydroxylation is 2. The number of benzene rings is 2. The molecule has 0 aliphatic rings. The van der Waals surface area contributed by atoms with E-state index in [0.29, 0.717) is 0 Å². The Morgan fingerprint density at radius 3 is 2.16 bits per heavy atom. The third-order valence-electron chi connectivity index (χ3n) is 4.00. The quantitative estimate of drug-likeness (QED) is 0.811. The Morgan fingerprint density at radius 1 is 0.842 bits per heavy atom. The monoisotopic (exact) mass is 254 g/mol. The average molecular weight is 254 g/mol. The standard InChI is InChI=1S/C17H22N2/c1-11-9-10-16(14(4)13(11)3)19(5)17-12(2)7-6-8-15(17)18/h6-10H,18H2,1-5H3. The summed E-state index contributed by atoms with van der Waals surface area (Å²) in [6.45, 7) is 8.58. The molecule has 2 nitrogen and oxygen atoms in total. The summed E-state index contributed by atoms with van der Waals surface area (Å²) in [4.78, 5) is 2.19. The number of rotatable bonds is 2. The largest absolute Gasteiger partial charge is 0.397 e. The molecule has 0 radical (unpaired) electrons. The molecule has 0 spiro atoms. The molecule has 0 aromatic heterocycles.